The Morgan fingerprint density at radius 3 is 2.36 bits per heavy atom. The van der Waals surface area contributed by atoms with Gasteiger partial charge in [0.2, 0.25) is 0 Å². The van der Waals surface area contributed by atoms with Gasteiger partial charge in [-0.05, 0) is 32.8 Å². The highest BCUT2D eigenvalue weighted by Crippen LogP contribution is 2.22. The lowest BCUT2D eigenvalue weighted by Gasteiger charge is -2.27. The predicted octanol–water partition coefficient (Wildman–Crippen LogP) is 1.87. The van der Waals surface area contributed by atoms with Crippen molar-refractivity contribution in [2.45, 2.75) is 31.9 Å². The quantitative estimate of drug-likeness (QED) is 0.641. The number of carbonyl (C=O) groups excluding carboxylic acids is 1. The molecule has 0 aliphatic rings. The molecule has 8 heteroatoms. The maximum absolute atomic E-state index is 12.7. The van der Waals surface area contributed by atoms with Crippen molar-refractivity contribution in [1.82, 2.24) is 5.32 Å². The van der Waals surface area contributed by atoms with Gasteiger partial charge >= 0.3 is 12.1 Å². The van der Waals surface area contributed by atoms with Crippen LogP contribution in [0.1, 0.15) is 26.3 Å². The summed E-state index contributed by atoms with van der Waals surface area (Å²) in [4.78, 5) is 22.9. The molecular formula is C17H25NO6S. The van der Waals surface area contributed by atoms with Crippen LogP contribution in [0, 0.1) is 5.92 Å². The van der Waals surface area contributed by atoms with E-state index in [0.29, 0.717) is 0 Å². The summed E-state index contributed by atoms with van der Waals surface area (Å²) in [6, 6.07) is 9.09. The molecule has 0 bridgehead atoms. The van der Waals surface area contributed by atoms with Gasteiger partial charge in [0.05, 0.1) is 23.0 Å². The van der Waals surface area contributed by atoms with Gasteiger partial charge in [-0.3, -0.25) is 4.79 Å². The van der Waals surface area contributed by atoms with Crippen molar-refractivity contribution >= 4 is 21.9 Å². The summed E-state index contributed by atoms with van der Waals surface area (Å²) < 4.78 is 29.1. The first kappa shape index (κ1) is 21.0. The Labute approximate surface area is 148 Å². The van der Waals surface area contributed by atoms with E-state index >= 15 is 0 Å². The van der Waals surface area contributed by atoms with E-state index in [1.54, 1.807) is 6.92 Å². The number of esters is 1. The number of nitrogens with one attached hydrogen (secondary N) is 1. The van der Waals surface area contributed by atoms with Crippen molar-refractivity contribution in [3.05, 3.63) is 35.9 Å². The Hall–Kier alpha value is -2.09. The first-order valence-electron chi connectivity index (χ1n) is 7.98. The molecule has 0 radical (unpaired) electrons. The molecule has 1 aromatic rings. The third kappa shape index (κ3) is 6.38. The van der Waals surface area contributed by atoms with Crippen LogP contribution in [0.4, 0.5) is 4.79 Å². The van der Waals surface area contributed by atoms with Crippen LogP contribution in [-0.4, -0.2) is 49.2 Å². The second-order valence-corrected chi connectivity index (χ2v) is 9.01. The number of hydrogen-bond acceptors (Lipinski definition) is 5. The topological polar surface area (TPSA) is 110 Å². The number of amides is 1. The Bertz CT molecular complexity index is 684. The molecule has 7 nitrogen and oxygen atoms in total. The highest BCUT2D eigenvalue weighted by Gasteiger charge is 2.38. The summed E-state index contributed by atoms with van der Waals surface area (Å²) in [6.07, 6.45) is -1.06. The summed E-state index contributed by atoms with van der Waals surface area (Å²) in [7, 11) is -3.76. The van der Waals surface area contributed by atoms with Gasteiger partial charge in [0.25, 0.3) is 0 Å². The molecule has 25 heavy (non-hydrogen) atoms. The highest BCUT2D eigenvalue weighted by atomic mass is 32.2. The van der Waals surface area contributed by atoms with Crippen LogP contribution in [-0.2, 0) is 25.8 Å². The van der Waals surface area contributed by atoms with Crippen LogP contribution in [0.2, 0.25) is 0 Å². The SMILES string of the molecule is CCOC(=O)C(Cc1ccccc1)CS(=O)(=O)C(C)(C)CNC(=O)O. The first-order chi connectivity index (χ1) is 11.6. The molecule has 0 saturated heterocycles. The minimum atomic E-state index is -3.76. The van der Waals surface area contributed by atoms with Gasteiger partial charge in [0.1, 0.15) is 0 Å². The lowest BCUT2D eigenvalue weighted by atomic mass is 10.0. The summed E-state index contributed by atoms with van der Waals surface area (Å²) in [5.74, 6) is -1.83. The summed E-state index contributed by atoms with van der Waals surface area (Å²) >= 11 is 0. The van der Waals surface area contributed by atoms with E-state index in [0.717, 1.165) is 5.56 Å². The van der Waals surface area contributed by atoms with E-state index in [4.69, 9.17) is 9.84 Å². The zero-order valence-electron chi connectivity index (χ0n) is 14.7. The molecule has 2 N–H and O–H groups in total. The number of carbonyl (C=O) groups is 2. The summed E-state index contributed by atoms with van der Waals surface area (Å²) in [6.45, 7) is 4.43. The molecule has 1 atom stereocenters. The van der Waals surface area contributed by atoms with Gasteiger partial charge in [0.15, 0.2) is 9.84 Å². The van der Waals surface area contributed by atoms with Crippen molar-refractivity contribution in [3.63, 3.8) is 0 Å². The molecule has 0 aromatic heterocycles. The molecule has 1 amide bonds. The Morgan fingerprint density at radius 1 is 1.24 bits per heavy atom. The van der Waals surface area contributed by atoms with Crippen LogP contribution in [0.3, 0.4) is 0 Å². The molecule has 0 spiro atoms. The van der Waals surface area contributed by atoms with Gasteiger partial charge in [0, 0.05) is 6.54 Å². The van der Waals surface area contributed by atoms with Crippen molar-refractivity contribution in [3.8, 4) is 0 Å². The lowest BCUT2D eigenvalue weighted by molar-refractivity contribution is -0.147. The van der Waals surface area contributed by atoms with Crippen LogP contribution >= 0.6 is 0 Å². The third-order valence-electron chi connectivity index (χ3n) is 3.87. The fourth-order valence-corrected chi connectivity index (χ4v) is 3.78. The lowest BCUT2D eigenvalue weighted by Crippen LogP contribution is -2.46. The van der Waals surface area contributed by atoms with Crippen LogP contribution in [0.25, 0.3) is 0 Å². The molecule has 0 aliphatic carbocycles. The number of sulfone groups is 1. The van der Waals surface area contributed by atoms with E-state index in [2.05, 4.69) is 5.32 Å². The zero-order chi connectivity index (χ0) is 19.1. The second-order valence-electron chi connectivity index (χ2n) is 6.34. The number of hydrogen-bond donors (Lipinski definition) is 2. The molecule has 0 heterocycles. The minimum absolute atomic E-state index is 0.161. The molecule has 1 unspecified atom stereocenters. The van der Waals surface area contributed by atoms with Gasteiger partial charge < -0.3 is 15.2 Å². The molecule has 1 rings (SSSR count). The monoisotopic (exact) mass is 371 g/mol. The second kappa shape index (κ2) is 8.84. The maximum Gasteiger partial charge on any atom is 0.404 e. The molecule has 0 fully saturated rings. The Balaban J connectivity index is 2.98. The number of carboxylic acid groups (broad SMARTS) is 1. The number of benzene rings is 1. The fraction of sp³-hybridized carbons (Fsp3) is 0.529. The van der Waals surface area contributed by atoms with Crippen molar-refractivity contribution in [1.29, 1.82) is 0 Å². The largest absolute Gasteiger partial charge is 0.466 e. The van der Waals surface area contributed by atoms with Crippen LogP contribution in [0.15, 0.2) is 30.3 Å². The first-order valence-corrected chi connectivity index (χ1v) is 9.64. The standard InChI is InChI=1S/C17H25NO6S/c1-4-24-15(19)14(10-13-8-6-5-7-9-13)11-25(22,23)17(2,3)12-18-16(20)21/h5-9,14,18H,4,10-12H2,1-3H3,(H,20,21). The predicted molar refractivity (Wildman–Crippen MR) is 94.2 cm³/mol. The van der Waals surface area contributed by atoms with Crippen LogP contribution in [0.5, 0.6) is 0 Å². The highest BCUT2D eigenvalue weighted by molar-refractivity contribution is 7.92. The molecular weight excluding hydrogens is 346 g/mol. The third-order valence-corrected chi connectivity index (χ3v) is 6.54. The molecule has 0 saturated carbocycles. The Morgan fingerprint density at radius 2 is 1.84 bits per heavy atom. The van der Waals surface area contributed by atoms with E-state index in [-0.39, 0.29) is 19.6 Å². The van der Waals surface area contributed by atoms with E-state index < -0.39 is 38.3 Å². The van der Waals surface area contributed by atoms with Crippen molar-refractivity contribution in [2.75, 3.05) is 18.9 Å². The summed E-state index contributed by atoms with van der Waals surface area (Å²) in [5.41, 5.74) is 0.831. The smallest absolute Gasteiger partial charge is 0.404 e. The zero-order valence-corrected chi connectivity index (χ0v) is 15.5. The number of rotatable bonds is 9. The summed E-state index contributed by atoms with van der Waals surface area (Å²) in [5, 5.41) is 10.8. The van der Waals surface area contributed by atoms with Gasteiger partial charge in [-0.25, -0.2) is 13.2 Å². The fourth-order valence-electron chi connectivity index (χ4n) is 2.26. The molecule has 1 aromatic carbocycles. The van der Waals surface area contributed by atoms with Gasteiger partial charge in [-0.1, -0.05) is 30.3 Å². The minimum Gasteiger partial charge on any atom is -0.466 e. The van der Waals surface area contributed by atoms with Gasteiger partial charge in [-0.15, -0.1) is 0 Å². The van der Waals surface area contributed by atoms with E-state index in [9.17, 15) is 18.0 Å². The van der Waals surface area contributed by atoms with Gasteiger partial charge in [-0.2, -0.15) is 0 Å². The van der Waals surface area contributed by atoms with Crippen LogP contribution < -0.4 is 5.32 Å². The van der Waals surface area contributed by atoms with Crippen molar-refractivity contribution < 1.29 is 27.9 Å². The average molecular weight is 371 g/mol. The normalized spacial score (nSPS) is 13.1. The van der Waals surface area contributed by atoms with Crippen molar-refractivity contribution in [2.24, 2.45) is 5.92 Å². The number of ether oxygens (including phenoxy) is 1. The molecule has 140 valence electrons. The average Bonchev–Trinajstić information content (AvgIpc) is 2.53. The maximum atomic E-state index is 12.7. The molecule has 0 aliphatic heterocycles. The van der Waals surface area contributed by atoms with E-state index in [1.165, 1.54) is 13.8 Å². The van der Waals surface area contributed by atoms with E-state index in [1.807, 2.05) is 30.3 Å². The Kier molecular flexibility index (Phi) is 7.41.